The zero-order chi connectivity index (χ0) is 32.4. The van der Waals surface area contributed by atoms with Gasteiger partial charge < -0.3 is 9.64 Å². The molecule has 44 heavy (non-hydrogen) atoms. The lowest BCUT2D eigenvalue weighted by atomic mass is 10.0. The summed E-state index contributed by atoms with van der Waals surface area (Å²) >= 11 is 0. The highest BCUT2D eigenvalue weighted by molar-refractivity contribution is 5.78. The minimum Gasteiger partial charge on any atom is -0.376 e. The van der Waals surface area contributed by atoms with E-state index < -0.39 is 0 Å². The van der Waals surface area contributed by atoms with Gasteiger partial charge in [-0.1, -0.05) is 127 Å². The lowest BCUT2D eigenvalue weighted by Gasteiger charge is -2.21. The van der Waals surface area contributed by atoms with Gasteiger partial charge in [-0.2, -0.15) is 0 Å². The molecule has 0 aliphatic carbocycles. The monoisotopic (exact) mass is 614 g/mol. The van der Waals surface area contributed by atoms with E-state index in [0.29, 0.717) is 18.6 Å². The molecule has 0 aromatic rings. The molecule has 0 rings (SSSR count). The maximum absolute atomic E-state index is 12.6. The first-order valence-corrected chi connectivity index (χ1v) is 18.8. The molecule has 0 bridgehead atoms. The van der Waals surface area contributed by atoms with Gasteiger partial charge in [-0.05, 0) is 97.1 Å². The van der Waals surface area contributed by atoms with Crippen molar-refractivity contribution in [2.24, 2.45) is 5.92 Å². The first-order valence-electron chi connectivity index (χ1n) is 18.8. The summed E-state index contributed by atoms with van der Waals surface area (Å²) in [5.41, 5.74) is 0. The molecule has 0 spiro atoms. The topological polar surface area (TPSA) is 29.5 Å². The van der Waals surface area contributed by atoms with Crippen molar-refractivity contribution in [3.05, 3.63) is 48.6 Å². The SMILES string of the molecule is CCCCC/C=C\C/C=C\CCCCCCCCOC(CC(=O)CCCCCCC/C=C\C/C=C\CCC(C)C)CN(C)C. The molecule has 1 atom stereocenters. The molecule has 0 aliphatic rings. The van der Waals surface area contributed by atoms with E-state index in [9.17, 15) is 4.79 Å². The largest absolute Gasteiger partial charge is 0.376 e. The first kappa shape index (κ1) is 42.6. The van der Waals surface area contributed by atoms with Crippen molar-refractivity contribution in [2.75, 3.05) is 27.2 Å². The molecule has 3 nitrogen and oxygen atoms in total. The van der Waals surface area contributed by atoms with Crippen molar-refractivity contribution >= 4 is 5.78 Å². The van der Waals surface area contributed by atoms with Crippen LogP contribution in [0, 0.1) is 5.92 Å². The van der Waals surface area contributed by atoms with E-state index in [1.165, 1.54) is 109 Å². The van der Waals surface area contributed by atoms with Crippen LogP contribution in [0.25, 0.3) is 0 Å². The second kappa shape index (κ2) is 34.4. The number of hydrogen-bond acceptors (Lipinski definition) is 3. The zero-order valence-electron chi connectivity index (χ0n) is 30.2. The summed E-state index contributed by atoms with van der Waals surface area (Å²) in [6.45, 7) is 8.43. The maximum Gasteiger partial charge on any atom is 0.135 e. The van der Waals surface area contributed by atoms with Gasteiger partial charge in [-0.3, -0.25) is 4.79 Å². The van der Waals surface area contributed by atoms with Crippen LogP contribution in [0.1, 0.15) is 168 Å². The van der Waals surface area contributed by atoms with Crippen LogP contribution < -0.4 is 0 Å². The van der Waals surface area contributed by atoms with Gasteiger partial charge >= 0.3 is 0 Å². The van der Waals surface area contributed by atoms with Crippen LogP contribution >= 0.6 is 0 Å². The van der Waals surface area contributed by atoms with Crippen LogP contribution in [0.4, 0.5) is 0 Å². The lowest BCUT2D eigenvalue weighted by molar-refractivity contribution is -0.122. The molecule has 0 N–H and O–H groups in total. The predicted molar refractivity (Wildman–Crippen MR) is 197 cm³/mol. The number of carbonyl (C=O) groups is 1. The summed E-state index contributed by atoms with van der Waals surface area (Å²) in [5.74, 6) is 1.17. The number of unbranched alkanes of at least 4 members (excludes halogenated alkanes) is 14. The summed E-state index contributed by atoms with van der Waals surface area (Å²) in [5, 5.41) is 0. The number of ether oxygens (including phenoxy) is 1. The predicted octanol–water partition coefficient (Wildman–Crippen LogP) is 12.4. The number of allylic oxidation sites excluding steroid dienone is 8. The molecule has 0 aliphatic heterocycles. The molecule has 0 saturated carbocycles. The summed E-state index contributed by atoms with van der Waals surface area (Å²) in [6.07, 6.45) is 45.6. The van der Waals surface area contributed by atoms with Gasteiger partial charge in [0, 0.05) is 26.0 Å². The van der Waals surface area contributed by atoms with Gasteiger partial charge in [0.2, 0.25) is 0 Å². The molecule has 0 amide bonds. The van der Waals surface area contributed by atoms with Crippen LogP contribution in [0.15, 0.2) is 48.6 Å². The number of rotatable bonds is 33. The van der Waals surface area contributed by atoms with E-state index in [4.69, 9.17) is 4.74 Å². The number of likely N-dealkylation sites (N-methyl/N-ethyl adjacent to an activating group) is 1. The van der Waals surface area contributed by atoms with Gasteiger partial charge in [0.05, 0.1) is 6.10 Å². The Balaban J connectivity index is 3.74. The van der Waals surface area contributed by atoms with Crippen molar-refractivity contribution in [3.63, 3.8) is 0 Å². The maximum atomic E-state index is 12.6. The highest BCUT2D eigenvalue weighted by atomic mass is 16.5. The molecule has 0 aromatic carbocycles. The average molecular weight is 614 g/mol. The van der Waals surface area contributed by atoms with Gasteiger partial charge in [-0.15, -0.1) is 0 Å². The third kappa shape index (κ3) is 35.0. The Morgan fingerprint density at radius 2 is 1.09 bits per heavy atom. The molecule has 256 valence electrons. The minimum atomic E-state index is 0.0345. The van der Waals surface area contributed by atoms with Crippen LogP contribution in [-0.4, -0.2) is 44.0 Å². The summed E-state index contributed by atoms with van der Waals surface area (Å²) in [6, 6.07) is 0. The van der Waals surface area contributed by atoms with E-state index >= 15 is 0 Å². The van der Waals surface area contributed by atoms with Crippen LogP contribution in [0.2, 0.25) is 0 Å². The fourth-order valence-electron chi connectivity index (χ4n) is 5.33. The first-order chi connectivity index (χ1) is 21.5. The molecule has 0 aromatic heterocycles. The van der Waals surface area contributed by atoms with Crippen molar-refractivity contribution in [1.29, 1.82) is 0 Å². The number of nitrogens with zero attached hydrogens (tertiary/aromatic N) is 1. The normalized spacial score (nSPS) is 13.2. The van der Waals surface area contributed by atoms with E-state index in [-0.39, 0.29) is 6.10 Å². The highest BCUT2D eigenvalue weighted by Crippen LogP contribution is 2.13. The minimum absolute atomic E-state index is 0.0345. The summed E-state index contributed by atoms with van der Waals surface area (Å²) < 4.78 is 6.18. The Kier molecular flexibility index (Phi) is 33.3. The zero-order valence-corrected chi connectivity index (χ0v) is 30.2. The van der Waals surface area contributed by atoms with E-state index in [1.807, 2.05) is 0 Å². The molecule has 0 fully saturated rings. The molecule has 0 saturated heterocycles. The third-order valence-corrected chi connectivity index (χ3v) is 8.07. The standard InChI is InChI=1S/C41H75NO2/c1-6-7-8-9-10-11-12-13-14-15-18-21-24-27-30-33-36-44-41(38-42(4)5)37-40(43)35-32-29-26-23-20-17-16-19-22-25-28-31-34-39(2)3/h10-11,13-14,16,19,25,28,39,41H,6-9,12,15,17-18,20-24,26-27,29-38H2,1-5H3/b11-10-,14-13-,19-16-,28-25-. The number of Topliss-reactive ketones (excluding diaryl/α,β-unsaturated/α-hetero) is 1. The summed E-state index contributed by atoms with van der Waals surface area (Å²) in [4.78, 5) is 14.8. The molecular formula is C41H75NO2. The van der Waals surface area contributed by atoms with Gasteiger partial charge in [0.15, 0.2) is 0 Å². The second-order valence-corrected chi connectivity index (χ2v) is 13.5. The van der Waals surface area contributed by atoms with E-state index in [0.717, 1.165) is 44.8 Å². The lowest BCUT2D eigenvalue weighted by Crippen LogP contribution is -2.30. The quantitative estimate of drug-likeness (QED) is 0.0544. The van der Waals surface area contributed by atoms with Crippen LogP contribution in [0.3, 0.4) is 0 Å². The van der Waals surface area contributed by atoms with Crippen molar-refractivity contribution in [2.45, 2.75) is 175 Å². The third-order valence-electron chi connectivity index (χ3n) is 8.07. The Morgan fingerprint density at radius 1 is 0.614 bits per heavy atom. The van der Waals surface area contributed by atoms with E-state index in [2.05, 4.69) is 88.4 Å². The van der Waals surface area contributed by atoms with Gasteiger partial charge in [0.25, 0.3) is 0 Å². The summed E-state index contributed by atoms with van der Waals surface area (Å²) in [7, 11) is 4.14. The number of ketones is 1. The molecule has 0 heterocycles. The van der Waals surface area contributed by atoms with Gasteiger partial charge in [-0.25, -0.2) is 0 Å². The van der Waals surface area contributed by atoms with Crippen LogP contribution in [-0.2, 0) is 9.53 Å². The average Bonchev–Trinajstić information content (AvgIpc) is 2.98. The Hall–Kier alpha value is -1.45. The van der Waals surface area contributed by atoms with E-state index in [1.54, 1.807) is 0 Å². The fourth-order valence-corrected chi connectivity index (χ4v) is 5.33. The fraction of sp³-hybridized carbons (Fsp3) is 0.780. The second-order valence-electron chi connectivity index (χ2n) is 13.5. The van der Waals surface area contributed by atoms with Crippen molar-refractivity contribution in [3.8, 4) is 0 Å². The Labute approximate surface area is 276 Å². The molecule has 3 heteroatoms. The van der Waals surface area contributed by atoms with Crippen molar-refractivity contribution in [1.82, 2.24) is 4.90 Å². The smallest absolute Gasteiger partial charge is 0.135 e. The number of carbonyl (C=O) groups excluding carboxylic acids is 1. The Bertz CT molecular complexity index is 718. The molecule has 1 unspecified atom stereocenters. The molecular weight excluding hydrogens is 538 g/mol. The van der Waals surface area contributed by atoms with Crippen molar-refractivity contribution < 1.29 is 9.53 Å². The van der Waals surface area contributed by atoms with Gasteiger partial charge in [0.1, 0.15) is 5.78 Å². The number of hydrogen-bond donors (Lipinski definition) is 0. The Morgan fingerprint density at radius 3 is 1.61 bits per heavy atom. The highest BCUT2D eigenvalue weighted by Gasteiger charge is 2.15. The molecule has 0 radical (unpaired) electrons. The van der Waals surface area contributed by atoms with Crippen LogP contribution in [0.5, 0.6) is 0 Å².